The molecule has 1 unspecified atom stereocenters. The number of rotatable bonds is 11. The van der Waals surface area contributed by atoms with Crippen molar-refractivity contribution in [1.29, 1.82) is 0 Å². The first kappa shape index (κ1) is 32.4. The highest BCUT2D eigenvalue weighted by Gasteiger charge is 2.32. The van der Waals surface area contributed by atoms with Gasteiger partial charge in [-0.15, -0.1) is 0 Å². The fourth-order valence-corrected chi connectivity index (χ4v) is 4.95. The van der Waals surface area contributed by atoms with E-state index in [1.54, 1.807) is 55.5 Å². The number of carboxylic acids is 1. The summed E-state index contributed by atoms with van der Waals surface area (Å²) in [6.07, 6.45) is -10.5. The van der Waals surface area contributed by atoms with Crippen LogP contribution in [0.15, 0.2) is 78.9 Å². The Morgan fingerprint density at radius 3 is 2.14 bits per heavy atom. The standard InChI is InChI=1S/C33H29F6NO4/c1-2-44-29-12-11-26(33(37,38)39)19-28(29)25-10-8-22-17-24(9-7-23(22)18-25)27(13-15-32(34,35)36)20-3-5-21(6-4-20)31(43)40-16-14-30(41)42/h3-12,17-19,27H,2,13-16H2,1H3,(H,40,43)(H,41,42). The Balaban J connectivity index is 1.66. The third-order valence-electron chi connectivity index (χ3n) is 7.10. The summed E-state index contributed by atoms with van der Waals surface area (Å²) in [7, 11) is 0. The molecule has 0 heterocycles. The van der Waals surface area contributed by atoms with Crippen LogP contribution < -0.4 is 10.1 Å². The molecule has 0 radical (unpaired) electrons. The van der Waals surface area contributed by atoms with Gasteiger partial charge in [-0.1, -0.05) is 42.5 Å². The Morgan fingerprint density at radius 1 is 0.841 bits per heavy atom. The van der Waals surface area contributed by atoms with Crippen LogP contribution in [0, 0.1) is 0 Å². The second-order valence-electron chi connectivity index (χ2n) is 10.2. The SMILES string of the molecule is CCOc1ccc(C(F)(F)F)cc1-c1ccc2cc(C(CCC(F)(F)F)c3ccc(C(=O)NCCC(=O)O)cc3)ccc2c1. The molecular weight excluding hydrogens is 588 g/mol. The highest BCUT2D eigenvalue weighted by Crippen LogP contribution is 2.39. The summed E-state index contributed by atoms with van der Waals surface area (Å²) >= 11 is 0. The van der Waals surface area contributed by atoms with Crippen LogP contribution in [0.25, 0.3) is 21.9 Å². The van der Waals surface area contributed by atoms with Gasteiger partial charge in [0, 0.05) is 30.0 Å². The van der Waals surface area contributed by atoms with Crippen LogP contribution in [0.4, 0.5) is 26.3 Å². The average Bonchev–Trinajstić information content (AvgIpc) is 2.96. The molecule has 11 heteroatoms. The maximum atomic E-state index is 13.4. The van der Waals surface area contributed by atoms with Gasteiger partial charge < -0.3 is 15.2 Å². The van der Waals surface area contributed by atoms with Gasteiger partial charge >= 0.3 is 18.3 Å². The topological polar surface area (TPSA) is 75.6 Å². The van der Waals surface area contributed by atoms with Crippen LogP contribution in [0.1, 0.15) is 59.2 Å². The average molecular weight is 618 g/mol. The van der Waals surface area contributed by atoms with E-state index < -0.39 is 42.1 Å². The minimum atomic E-state index is -4.54. The molecule has 232 valence electrons. The molecular formula is C33H29F6NO4. The number of carbonyl (C=O) groups is 2. The third kappa shape index (κ3) is 8.30. The number of halogens is 6. The van der Waals surface area contributed by atoms with Gasteiger partial charge in [-0.25, -0.2) is 0 Å². The van der Waals surface area contributed by atoms with Gasteiger partial charge in [0.15, 0.2) is 0 Å². The first-order valence-electron chi connectivity index (χ1n) is 13.8. The minimum Gasteiger partial charge on any atom is -0.493 e. The lowest BCUT2D eigenvalue weighted by Crippen LogP contribution is -2.25. The van der Waals surface area contributed by atoms with Crippen molar-refractivity contribution in [2.75, 3.05) is 13.2 Å². The number of carbonyl (C=O) groups excluding carboxylic acids is 1. The molecule has 5 nitrogen and oxygen atoms in total. The van der Waals surface area contributed by atoms with E-state index in [9.17, 15) is 35.9 Å². The number of aliphatic carboxylic acids is 1. The molecule has 4 aromatic rings. The largest absolute Gasteiger partial charge is 0.493 e. The van der Waals surface area contributed by atoms with E-state index in [0.29, 0.717) is 33.2 Å². The first-order chi connectivity index (χ1) is 20.7. The van der Waals surface area contributed by atoms with Crippen molar-refractivity contribution in [2.45, 2.75) is 44.5 Å². The van der Waals surface area contributed by atoms with E-state index in [1.807, 2.05) is 0 Å². The highest BCUT2D eigenvalue weighted by molar-refractivity contribution is 5.94. The number of amides is 1. The molecule has 0 fully saturated rings. The fourth-order valence-electron chi connectivity index (χ4n) is 4.95. The lowest BCUT2D eigenvalue weighted by Gasteiger charge is -2.20. The predicted molar refractivity (Wildman–Crippen MR) is 154 cm³/mol. The zero-order valence-corrected chi connectivity index (χ0v) is 23.6. The number of benzene rings is 4. The van der Waals surface area contributed by atoms with Crippen LogP contribution >= 0.6 is 0 Å². The van der Waals surface area contributed by atoms with E-state index in [0.717, 1.165) is 12.1 Å². The summed E-state index contributed by atoms with van der Waals surface area (Å²) in [5, 5.41) is 12.6. The third-order valence-corrected chi connectivity index (χ3v) is 7.10. The maximum Gasteiger partial charge on any atom is 0.416 e. The van der Waals surface area contributed by atoms with Crippen molar-refractivity contribution in [3.05, 3.63) is 101 Å². The molecule has 0 aliphatic heterocycles. The maximum absolute atomic E-state index is 13.4. The normalized spacial score (nSPS) is 12.6. The second kappa shape index (κ2) is 13.4. The number of alkyl halides is 6. The minimum absolute atomic E-state index is 0.0658. The summed E-state index contributed by atoms with van der Waals surface area (Å²) < 4.78 is 85.7. The number of hydrogen-bond acceptors (Lipinski definition) is 3. The van der Waals surface area contributed by atoms with Gasteiger partial charge in [0.2, 0.25) is 0 Å². The summed E-state index contributed by atoms with van der Waals surface area (Å²) in [5.74, 6) is -1.94. The van der Waals surface area contributed by atoms with Gasteiger partial charge in [0.25, 0.3) is 5.91 Å². The molecule has 0 saturated heterocycles. The first-order valence-corrected chi connectivity index (χ1v) is 13.8. The van der Waals surface area contributed by atoms with Gasteiger partial charge in [-0.2, -0.15) is 26.3 Å². The number of carboxylic acid groups (broad SMARTS) is 1. The zero-order valence-electron chi connectivity index (χ0n) is 23.6. The molecule has 0 saturated carbocycles. The van der Waals surface area contributed by atoms with Crippen LogP contribution in [-0.4, -0.2) is 36.3 Å². The summed E-state index contributed by atoms with van der Waals surface area (Å²) in [5.41, 5.74) is 1.33. The molecule has 4 aromatic carbocycles. The summed E-state index contributed by atoms with van der Waals surface area (Å²) in [6.45, 7) is 1.91. The van der Waals surface area contributed by atoms with E-state index in [1.165, 1.54) is 18.2 Å². The van der Waals surface area contributed by atoms with Crippen LogP contribution in [0.5, 0.6) is 5.75 Å². The number of hydrogen-bond donors (Lipinski definition) is 2. The van der Waals surface area contributed by atoms with Crippen molar-refractivity contribution in [3.63, 3.8) is 0 Å². The molecule has 0 bridgehead atoms. The van der Waals surface area contributed by atoms with Crippen LogP contribution in [0.3, 0.4) is 0 Å². The van der Waals surface area contributed by atoms with Crippen molar-refractivity contribution in [1.82, 2.24) is 5.32 Å². The van der Waals surface area contributed by atoms with E-state index in [2.05, 4.69) is 5.32 Å². The van der Waals surface area contributed by atoms with Crippen LogP contribution in [-0.2, 0) is 11.0 Å². The molecule has 0 aliphatic carbocycles. The molecule has 2 N–H and O–H groups in total. The number of fused-ring (bicyclic) bond motifs is 1. The highest BCUT2D eigenvalue weighted by atomic mass is 19.4. The number of ether oxygens (including phenoxy) is 1. The van der Waals surface area contributed by atoms with Crippen molar-refractivity contribution in [2.24, 2.45) is 0 Å². The Labute approximate surface area is 249 Å². The molecule has 0 spiro atoms. The monoisotopic (exact) mass is 617 g/mol. The van der Waals surface area contributed by atoms with Gasteiger partial charge in [-0.05, 0) is 77.2 Å². The van der Waals surface area contributed by atoms with E-state index in [-0.39, 0.29) is 37.1 Å². The summed E-state index contributed by atoms with van der Waals surface area (Å²) in [4.78, 5) is 23.0. The van der Waals surface area contributed by atoms with Crippen LogP contribution in [0.2, 0.25) is 0 Å². The molecule has 1 atom stereocenters. The Hall–Kier alpha value is -4.54. The van der Waals surface area contributed by atoms with Crippen molar-refractivity contribution in [3.8, 4) is 16.9 Å². The Bertz CT molecular complexity index is 1630. The zero-order chi connectivity index (χ0) is 32.1. The lowest BCUT2D eigenvalue weighted by atomic mass is 9.85. The predicted octanol–water partition coefficient (Wildman–Crippen LogP) is 8.60. The molecule has 1 amide bonds. The Morgan fingerprint density at radius 2 is 1.50 bits per heavy atom. The lowest BCUT2D eigenvalue weighted by molar-refractivity contribution is -0.138. The molecule has 4 rings (SSSR count). The smallest absolute Gasteiger partial charge is 0.416 e. The fraction of sp³-hybridized carbons (Fsp3) is 0.273. The number of nitrogens with one attached hydrogen (secondary N) is 1. The van der Waals surface area contributed by atoms with Gasteiger partial charge in [0.05, 0.1) is 18.6 Å². The Kier molecular flexibility index (Phi) is 9.86. The van der Waals surface area contributed by atoms with Gasteiger partial charge in [-0.3, -0.25) is 9.59 Å². The summed E-state index contributed by atoms with van der Waals surface area (Å²) in [6, 6.07) is 19.6. The quantitative estimate of drug-likeness (QED) is 0.165. The second-order valence-corrected chi connectivity index (χ2v) is 10.2. The van der Waals surface area contributed by atoms with E-state index in [4.69, 9.17) is 9.84 Å². The molecule has 0 aromatic heterocycles. The van der Waals surface area contributed by atoms with Gasteiger partial charge in [0.1, 0.15) is 5.75 Å². The van der Waals surface area contributed by atoms with Crippen molar-refractivity contribution < 1.29 is 45.8 Å². The molecule has 0 aliphatic rings. The van der Waals surface area contributed by atoms with E-state index >= 15 is 0 Å². The molecule has 44 heavy (non-hydrogen) atoms. The van der Waals surface area contributed by atoms with Crippen molar-refractivity contribution >= 4 is 22.6 Å².